The van der Waals surface area contributed by atoms with E-state index in [4.69, 9.17) is 4.74 Å². The summed E-state index contributed by atoms with van der Waals surface area (Å²) in [6.45, 7) is 5.48. The number of ether oxygens (including phenoxy) is 1. The molecule has 1 fully saturated rings. The summed E-state index contributed by atoms with van der Waals surface area (Å²) in [5, 5.41) is 2.79. The Bertz CT molecular complexity index is 1090. The van der Waals surface area contributed by atoms with E-state index in [0.29, 0.717) is 32.6 Å². The summed E-state index contributed by atoms with van der Waals surface area (Å²) in [7, 11) is -1.87. The number of carbonyl (C=O) groups excluding carboxylic acids is 2. The average molecular weight is 502 g/mol. The highest BCUT2D eigenvalue weighted by atomic mass is 32.2. The Labute approximate surface area is 208 Å². The van der Waals surface area contributed by atoms with Gasteiger partial charge < -0.3 is 15.0 Å². The number of methoxy groups -OCH3 is 1. The second kappa shape index (κ2) is 12.2. The van der Waals surface area contributed by atoms with Gasteiger partial charge in [-0.05, 0) is 68.5 Å². The van der Waals surface area contributed by atoms with Gasteiger partial charge in [0.25, 0.3) is 0 Å². The number of rotatable bonds is 11. The summed E-state index contributed by atoms with van der Waals surface area (Å²) in [5.74, 6) is 0.373. The molecule has 1 atom stereocenters. The first-order valence-corrected chi connectivity index (χ1v) is 13.5. The molecule has 2 amide bonds. The van der Waals surface area contributed by atoms with E-state index in [2.05, 4.69) is 5.32 Å². The molecule has 3 rings (SSSR count). The molecule has 2 aromatic rings. The van der Waals surface area contributed by atoms with E-state index in [-0.39, 0.29) is 23.1 Å². The summed E-state index contributed by atoms with van der Waals surface area (Å²) in [6, 6.07) is 13.5. The maximum Gasteiger partial charge on any atom is 0.243 e. The molecule has 1 aliphatic heterocycles. The van der Waals surface area contributed by atoms with Crippen molar-refractivity contribution in [2.75, 3.05) is 26.7 Å². The van der Waals surface area contributed by atoms with Crippen LogP contribution in [-0.4, -0.2) is 62.2 Å². The SMILES string of the molecule is CCNC(=O)[C@@H](C)N(Cc1ccc(OC)cc1)C(=O)CCc1ccc(S(=O)(=O)N2CCCC2)cc1. The maximum atomic E-state index is 13.2. The Balaban J connectivity index is 1.68. The topological polar surface area (TPSA) is 96.0 Å². The number of sulfonamides is 1. The van der Waals surface area contributed by atoms with Gasteiger partial charge >= 0.3 is 0 Å². The zero-order valence-corrected chi connectivity index (χ0v) is 21.5. The molecule has 0 bridgehead atoms. The maximum absolute atomic E-state index is 13.2. The molecule has 0 unspecified atom stereocenters. The van der Waals surface area contributed by atoms with Crippen molar-refractivity contribution < 1.29 is 22.7 Å². The zero-order chi connectivity index (χ0) is 25.4. The number of amides is 2. The highest BCUT2D eigenvalue weighted by Gasteiger charge is 2.28. The van der Waals surface area contributed by atoms with Crippen molar-refractivity contribution >= 4 is 21.8 Å². The van der Waals surface area contributed by atoms with Crippen LogP contribution in [0.3, 0.4) is 0 Å². The van der Waals surface area contributed by atoms with E-state index in [0.717, 1.165) is 29.7 Å². The summed E-state index contributed by atoms with van der Waals surface area (Å²) in [5.41, 5.74) is 1.76. The van der Waals surface area contributed by atoms with Gasteiger partial charge in [0.2, 0.25) is 21.8 Å². The molecule has 190 valence electrons. The van der Waals surface area contributed by atoms with E-state index in [1.165, 1.54) is 4.31 Å². The first-order chi connectivity index (χ1) is 16.8. The lowest BCUT2D eigenvalue weighted by atomic mass is 10.1. The van der Waals surface area contributed by atoms with E-state index >= 15 is 0 Å². The Kier molecular flexibility index (Phi) is 9.28. The molecule has 1 heterocycles. The van der Waals surface area contributed by atoms with Gasteiger partial charge in [-0.25, -0.2) is 8.42 Å². The summed E-state index contributed by atoms with van der Waals surface area (Å²) in [4.78, 5) is 27.6. The third kappa shape index (κ3) is 6.82. The van der Waals surface area contributed by atoms with E-state index in [1.807, 2.05) is 31.2 Å². The van der Waals surface area contributed by atoms with E-state index < -0.39 is 16.1 Å². The predicted octanol–water partition coefficient (Wildman–Crippen LogP) is 2.97. The van der Waals surface area contributed by atoms with Crippen LogP contribution >= 0.6 is 0 Å². The molecule has 9 heteroatoms. The van der Waals surface area contributed by atoms with Crippen LogP contribution < -0.4 is 10.1 Å². The summed E-state index contributed by atoms with van der Waals surface area (Å²) >= 11 is 0. The number of nitrogens with zero attached hydrogens (tertiary/aromatic N) is 2. The van der Waals surface area contributed by atoms with Crippen molar-refractivity contribution in [2.24, 2.45) is 0 Å². The van der Waals surface area contributed by atoms with Gasteiger partial charge in [0.05, 0.1) is 12.0 Å². The van der Waals surface area contributed by atoms with Gasteiger partial charge in [0, 0.05) is 32.6 Å². The largest absolute Gasteiger partial charge is 0.497 e. The Hall–Kier alpha value is -2.91. The van der Waals surface area contributed by atoms with Crippen molar-refractivity contribution in [2.45, 2.75) is 57.0 Å². The van der Waals surface area contributed by atoms with Crippen molar-refractivity contribution in [1.82, 2.24) is 14.5 Å². The normalized spacial score (nSPS) is 14.9. The molecule has 0 aliphatic carbocycles. The van der Waals surface area contributed by atoms with Crippen LogP contribution in [0.1, 0.15) is 44.2 Å². The summed E-state index contributed by atoms with van der Waals surface area (Å²) < 4.78 is 32.2. The number of nitrogens with one attached hydrogen (secondary N) is 1. The lowest BCUT2D eigenvalue weighted by Gasteiger charge is -2.29. The Morgan fingerprint density at radius 3 is 2.20 bits per heavy atom. The number of hydrogen-bond acceptors (Lipinski definition) is 5. The highest BCUT2D eigenvalue weighted by Crippen LogP contribution is 2.22. The Morgan fingerprint density at radius 2 is 1.63 bits per heavy atom. The second-order valence-corrected chi connectivity index (χ2v) is 10.6. The fraction of sp³-hybridized carbons (Fsp3) is 0.462. The van der Waals surface area contributed by atoms with Crippen molar-refractivity contribution in [1.29, 1.82) is 0 Å². The molecule has 1 N–H and O–H groups in total. The third-order valence-corrected chi connectivity index (χ3v) is 8.20. The average Bonchev–Trinajstić information content (AvgIpc) is 3.42. The van der Waals surface area contributed by atoms with Crippen molar-refractivity contribution in [3.63, 3.8) is 0 Å². The number of benzene rings is 2. The fourth-order valence-electron chi connectivity index (χ4n) is 4.13. The number of carbonyl (C=O) groups is 2. The number of aryl methyl sites for hydroxylation is 1. The van der Waals surface area contributed by atoms with Crippen LogP contribution in [-0.2, 0) is 32.6 Å². The van der Waals surface area contributed by atoms with Crippen molar-refractivity contribution in [3.05, 3.63) is 59.7 Å². The minimum absolute atomic E-state index is 0.145. The van der Waals surface area contributed by atoms with Crippen LogP contribution in [0.2, 0.25) is 0 Å². The first kappa shape index (κ1) is 26.7. The molecule has 8 nitrogen and oxygen atoms in total. The molecule has 1 saturated heterocycles. The van der Waals surface area contributed by atoms with Crippen molar-refractivity contribution in [3.8, 4) is 5.75 Å². The minimum Gasteiger partial charge on any atom is -0.497 e. The highest BCUT2D eigenvalue weighted by molar-refractivity contribution is 7.89. The van der Waals surface area contributed by atoms with E-state index in [1.54, 1.807) is 43.2 Å². The van der Waals surface area contributed by atoms with Crippen LogP contribution in [0.25, 0.3) is 0 Å². The molecule has 0 radical (unpaired) electrons. The molecule has 0 aromatic heterocycles. The van der Waals surface area contributed by atoms with Gasteiger partial charge in [-0.15, -0.1) is 0 Å². The summed E-state index contributed by atoms with van der Waals surface area (Å²) in [6.07, 6.45) is 2.44. The molecular weight excluding hydrogens is 466 g/mol. The zero-order valence-electron chi connectivity index (χ0n) is 20.7. The third-order valence-electron chi connectivity index (χ3n) is 6.28. The molecule has 0 spiro atoms. The second-order valence-electron chi connectivity index (χ2n) is 8.70. The fourth-order valence-corrected chi connectivity index (χ4v) is 5.65. The minimum atomic E-state index is -3.46. The number of likely N-dealkylation sites (N-methyl/N-ethyl adjacent to an activating group) is 1. The first-order valence-electron chi connectivity index (χ1n) is 12.1. The van der Waals surface area contributed by atoms with Crippen LogP contribution in [0.5, 0.6) is 5.75 Å². The number of hydrogen-bond donors (Lipinski definition) is 1. The molecular formula is C26H35N3O5S. The molecule has 35 heavy (non-hydrogen) atoms. The van der Waals surface area contributed by atoms with Gasteiger partial charge in [-0.3, -0.25) is 9.59 Å². The van der Waals surface area contributed by atoms with Crippen LogP contribution in [0.15, 0.2) is 53.4 Å². The van der Waals surface area contributed by atoms with Gasteiger partial charge in [-0.2, -0.15) is 4.31 Å². The molecule has 2 aromatic carbocycles. The quantitative estimate of drug-likeness (QED) is 0.511. The van der Waals surface area contributed by atoms with Gasteiger partial charge in [0.1, 0.15) is 11.8 Å². The molecule has 1 aliphatic rings. The predicted molar refractivity (Wildman–Crippen MR) is 134 cm³/mol. The van der Waals surface area contributed by atoms with Crippen LogP contribution in [0.4, 0.5) is 0 Å². The smallest absolute Gasteiger partial charge is 0.243 e. The van der Waals surface area contributed by atoms with Crippen LogP contribution in [0, 0.1) is 0 Å². The monoisotopic (exact) mass is 501 g/mol. The van der Waals surface area contributed by atoms with Gasteiger partial charge in [0.15, 0.2) is 0 Å². The Morgan fingerprint density at radius 1 is 1.03 bits per heavy atom. The standard InChI is InChI=1S/C26H35N3O5S/c1-4-27-26(31)20(2)29(19-22-7-12-23(34-3)13-8-22)25(30)16-11-21-9-14-24(15-10-21)35(32,33)28-17-5-6-18-28/h7-10,12-15,20H,4-6,11,16-19H2,1-3H3,(H,27,31)/t20-/m1/s1. The lowest BCUT2D eigenvalue weighted by Crippen LogP contribution is -2.47. The molecule has 0 saturated carbocycles. The van der Waals surface area contributed by atoms with E-state index in [9.17, 15) is 18.0 Å². The lowest BCUT2D eigenvalue weighted by molar-refractivity contribution is -0.140. The van der Waals surface area contributed by atoms with Gasteiger partial charge in [-0.1, -0.05) is 24.3 Å².